The molecule has 1 saturated heterocycles. The third-order valence-corrected chi connectivity index (χ3v) is 5.42. The maximum absolute atomic E-state index is 12.5. The van der Waals surface area contributed by atoms with E-state index in [-0.39, 0.29) is 30.0 Å². The van der Waals surface area contributed by atoms with Crippen molar-refractivity contribution in [1.82, 2.24) is 4.98 Å². The van der Waals surface area contributed by atoms with Crippen molar-refractivity contribution in [2.45, 2.75) is 52.2 Å². The SMILES string of the molecule is Cc1oc(-c2ccco2)nc1CC(=O)O[C@@H]1[C@@H]2CCCO[C@H]2C1(C)C. The molecule has 6 heteroatoms. The van der Waals surface area contributed by atoms with Crippen LogP contribution in [0.2, 0.25) is 0 Å². The zero-order valence-corrected chi connectivity index (χ0v) is 14.8. The van der Waals surface area contributed by atoms with E-state index in [4.69, 9.17) is 18.3 Å². The highest BCUT2D eigenvalue weighted by atomic mass is 16.6. The Balaban J connectivity index is 1.43. The monoisotopic (exact) mass is 345 g/mol. The molecule has 0 spiro atoms. The van der Waals surface area contributed by atoms with E-state index in [1.54, 1.807) is 25.3 Å². The lowest BCUT2D eigenvalue weighted by molar-refractivity contribution is -0.254. The lowest BCUT2D eigenvalue weighted by Gasteiger charge is -2.58. The molecule has 6 nitrogen and oxygen atoms in total. The maximum Gasteiger partial charge on any atom is 0.312 e. The number of hydrogen-bond acceptors (Lipinski definition) is 6. The summed E-state index contributed by atoms with van der Waals surface area (Å²) in [5.41, 5.74) is 0.448. The number of oxazole rings is 1. The van der Waals surface area contributed by atoms with E-state index < -0.39 is 0 Å². The minimum absolute atomic E-state index is 0.0953. The molecule has 134 valence electrons. The van der Waals surface area contributed by atoms with Crippen LogP contribution in [0.5, 0.6) is 0 Å². The first-order valence-electron chi connectivity index (χ1n) is 8.78. The average molecular weight is 345 g/mol. The van der Waals surface area contributed by atoms with Crippen molar-refractivity contribution >= 4 is 5.97 Å². The molecule has 1 aliphatic heterocycles. The second-order valence-electron chi connectivity index (χ2n) is 7.51. The minimum atomic E-state index is -0.274. The maximum atomic E-state index is 12.5. The molecule has 2 aliphatic rings. The van der Waals surface area contributed by atoms with Crippen molar-refractivity contribution in [1.29, 1.82) is 0 Å². The predicted octanol–water partition coefficient (Wildman–Crippen LogP) is 3.53. The van der Waals surface area contributed by atoms with E-state index >= 15 is 0 Å². The number of carbonyl (C=O) groups excluding carboxylic acids is 1. The number of esters is 1. The lowest BCUT2D eigenvalue weighted by atomic mass is 9.57. The highest BCUT2D eigenvalue weighted by molar-refractivity contribution is 5.73. The van der Waals surface area contributed by atoms with Crippen LogP contribution < -0.4 is 0 Å². The molecule has 3 atom stereocenters. The number of ether oxygens (including phenoxy) is 2. The van der Waals surface area contributed by atoms with E-state index in [1.165, 1.54) is 0 Å². The Morgan fingerprint density at radius 3 is 3.04 bits per heavy atom. The Morgan fingerprint density at radius 1 is 1.44 bits per heavy atom. The minimum Gasteiger partial charge on any atom is -0.461 e. The third-order valence-electron chi connectivity index (χ3n) is 5.42. The van der Waals surface area contributed by atoms with Crippen LogP contribution in [-0.2, 0) is 20.7 Å². The Kier molecular flexibility index (Phi) is 3.95. The first-order valence-corrected chi connectivity index (χ1v) is 8.78. The summed E-state index contributed by atoms with van der Waals surface area (Å²) in [5.74, 6) is 1.57. The summed E-state index contributed by atoms with van der Waals surface area (Å²) in [6.45, 7) is 6.81. The molecule has 25 heavy (non-hydrogen) atoms. The Hall–Kier alpha value is -2.08. The quantitative estimate of drug-likeness (QED) is 0.789. The summed E-state index contributed by atoms with van der Waals surface area (Å²) >= 11 is 0. The van der Waals surface area contributed by atoms with Gasteiger partial charge in [-0.25, -0.2) is 4.98 Å². The van der Waals surface area contributed by atoms with Crippen LogP contribution in [0.1, 0.15) is 38.1 Å². The van der Waals surface area contributed by atoms with Crippen LogP contribution in [0.4, 0.5) is 0 Å². The Bertz CT molecular complexity index is 761. The topological polar surface area (TPSA) is 74.7 Å². The molecule has 0 unspecified atom stereocenters. The molecular formula is C19H23NO5. The van der Waals surface area contributed by atoms with Crippen molar-refractivity contribution in [3.05, 3.63) is 29.9 Å². The molecule has 0 radical (unpaired) electrons. The van der Waals surface area contributed by atoms with Gasteiger partial charge in [0.15, 0.2) is 5.76 Å². The molecule has 2 aromatic heterocycles. The molecule has 0 amide bonds. The van der Waals surface area contributed by atoms with Crippen LogP contribution >= 0.6 is 0 Å². The van der Waals surface area contributed by atoms with E-state index in [2.05, 4.69) is 18.8 Å². The molecule has 2 fully saturated rings. The first kappa shape index (κ1) is 16.4. The Labute approximate surface area is 146 Å². The molecule has 1 saturated carbocycles. The Morgan fingerprint density at radius 2 is 2.28 bits per heavy atom. The molecule has 2 aromatic rings. The zero-order valence-electron chi connectivity index (χ0n) is 14.8. The van der Waals surface area contributed by atoms with Gasteiger partial charge in [-0.15, -0.1) is 0 Å². The van der Waals surface area contributed by atoms with Gasteiger partial charge in [0.2, 0.25) is 0 Å². The zero-order chi connectivity index (χ0) is 17.6. The molecule has 0 bridgehead atoms. The van der Waals surface area contributed by atoms with Crippen LogP contribution in [0.15, 0.2) is 27.2 Å². The third kappa shape index (κ3) is 2.78. The number of rotatable bonds is 4. The van der Waals surface area contributed by atoms with E-state index in [9.17, 15) is 4.79 Å². The number of aromatic nitrogens is 1. The number of hydrogen-bond donors (Lipinski definition) is 0. The molecule has 0 aromatic carbocycles. The lowest BCUT2D eigenvalue weighted by Crippen LogP contribution is -2.65. The van der Waals surface area contributed by atoms with Crippen molar-refractivity contribution in [2.75, 3.05) is 6.61 Å². The van der Waals surface area contributed by atoms with Crippen LogP contribution in [-0.4, -0.2) is 29.8 Å². The molecular weight excluding hydrogens is 322 g/mol. The van der Waals surface area contributed by atoms with Gasteiger partial charge in [-0.1, -0.05) is 13.8 Å². The summed E-state index contributed by atoms with van der Waals surface area (Å²) in [4.78, 5) is 16.8. The van der Waals surface area contributed by atoms with Crippen molar-refractivity contribution in [3.63, 3.8) is 0 Å². The van der Waals surface area contributed by atoms with Gasteiger partial charge in [0, 0.05) is 17.9 Å². The normalized spacial score (nSPS) is 27.4. The summed E-state index contributed by atoms with van der Waals surface area (Å²) < 4.78 is 22.5. The van der Waals surface area contributed by atoms with Crippen LogP contribution in [0.25, 0.3) is 11.7 Å². The van der Waals surface area contributed by atoms with Crippen molar-refractivity contribution in [3.8, 4) is 11.7 Å². The van der Waals surface area contributed by atoms with E-state index in [1.807, 2.05) is 0 Å². The van der Waals surface area contributed by atoms with Gasteiger partial charge in [-0.05, 0) is 31.9 Å². The van der Waals surface area contributed by atoms with Gasteiger partial charge >= 0.3 is 5.97 Å². The number of nitrogens with zero attached hydrogens (tertiary/aromatic N) is 1. The fourth-order valence-electron chi connectivity index (χ4n) is 4.13. The smallest absolute Gasteiger partial charge is 0.312 e. The van der Waals surface area contributed by atoms with Crippen molar-refractivity contribution in [2.24, 2.45) is 11.3 Å². The molecule has 3 heterocycles. The summed E-state index contributed by atoms with van der Waals surface area (Å²) in [6.07, 6.45) is 3.84. The van der Waals surface area contributed by atoms with E-state index in [0.29, 0.717) is 29.0 Å². The van der Waals surface area contributed by atoms with Gasteiger partial charge in [0.1, 0.15) is 11.9 Å². The largest absolute Gasteiger partial charge is 0.461 e. The van der Waals surface area contributed by atoms with E-state index in [0.717, 1.165) is 19.4 Å². The highest BCUT2D eigenvalue weighted by Gasteiger charge is 2.60. The number of aryl methyl sites for hydroxylation is 1. The molecule has 0 N–H and O–H groups in total. The van der Waals surface area contributed by atoms with Gasteiger partial charge in [-0.3, -0.25) is 4.79 Å². The summed E-state index contributed by atoms with van der Waals surface area (Å²) in [6, 6.07) is 3.54. The highest BCUT2D eigenvalue weighted by Crippen LogP contribution is 2.53. The second kappa shape index (κ2) is 6.02. The fraction of sp³-hybridized carbons (Fsp3) is 0.579. The second-order valence-corrected chi connectivity index (χ2v) is 7.51. The van der Waals surface area contributed by atoms with Crippen molar-refractivity contribution < 1.29 is 23.1 Å². The average Bonchev–Trinajstić information content (AvgIpc) is 3.23. The first-order chi connectivity index (χ1) is 12.0. The number of carbonyl (C=O) groups is 1. The summed E-state index contributed by atoms with van der Waals surface area (Å²) in [7, 11) is 0. The van der Waals surface area contributed by atoms with Gasteiger partial charge < -0.3 is 18.3 Å². The summed E-state index contributed by atoms with van der Waals surface area (Å²) in [5, 5.41) is 0. The van der Waals surface area contributed by atoms with Gasteiger partial charge in [0.05, 0.1) is 24.5 Å². The fourth-order valence-corrected chi connectivity index (χ4v) is 4.13. The molecule has 1 aliphatic carbocycles. The van der Waals surface area contributed by atoms with Crippen LogP contribution in [0, 0.1) is 18.3 Å². The van der Waals surface area contributed by atoms with Crippen LogP contribution in [0.3, 0.4) is 0 Å². The standard InChI is InChI=1S/C19H23NO5/c1-11-13(20-18(24-11)14-7-5-8-22-14)10-15(21)25-17-12-6-4-9-23-16(12)19(17,2)3/h5,7-8,12,16-17H,4,6,9-10H2,1-3H3/t12-,16-,17-/m1/s1. The number of furan rings is 1. The molecule has 4 rings (SSSR count). The predicted molar refractivity (Wildman–Crippen MR) is 88.8 cm³/mol. The number of fused-ring (bicyclic) bond motifs is 1. The van der Waals surface area contributed by atoms with Gasteiger partial charge in [-0.2, -0.15) is 0 Å². The van der Waals surface area contributed by atoms with Gasteiger partial charge in [0.25, 0.3) is 5.89 Å².